The molecule has 0 unspecified atom stereocenters. The van der Waals surface area contributed by atoms with Crippen LogP contribution < -0.4 is 20.7 Å². The Morgan fingerprint density at radius 1 is 1.02 bits per heavy atom. The third-order valence-corrected chi connectivity index (χ3v) is 7.42. The van der Waals surface area contributed by atoms with Gasteiger partial charge < -0.3 is 25.8 Å². The zero-order valence-electron chi connectivity index (χ0n) is 23.8. The SMILES string of the molecule is COc1ccc(-c2nn3c(NCCCCNC(=O)CCC(=O)O)cccc3c2-c2ccnc(NC3CCCC3)n2)cc1. The van der Waals surface area contributed by atoms with Crippen LogP contribution in [0.4, 0.5) is 11.8 Å². The molecular formula is C31H37N7O4. The number of carboxylic acids is 1. The van der Waals surface area contributed by atoms with E-state index in [0.717, 1.165) is 65.3 Å². The molecule has 42 heavy (non-hydrogen) atoms. The van der Waals surface area contributed by atoms with E-state index in [2.05, 4.69) is 20.9 Å². The Morgan fingerprint density at radius 3 is 2.57 bits per heavy atom. The smallest absolute Gasteiger partial charge is 0.303 e. The Morgan fingerprint density at radius 2 is 1.81 bits per heavy atom. The van der Waals surface area contributed by atoms with Gasteiger partial charge in [-0.3, -0.25) is 9.59 Å². The van der Waals surface area contributed by atoms with E-state index in [1.807, 2.05) is 53.0 Å². The average molecular weight is 572 g/mol. The number of rotatable bonds is 14. The van der Waals surface area contributed by atoms with Crippen LogP contribution in [0, 0.1) is 0 Å². The van der Waals surface area contributed by atoms with Crippen molar-refractivity contribution in [3.05, 3.63) is 54.7 Å². The topological polar surface area (TPSA) is 143 Å². The second kappa shape index (κ2) is 13.8. The van der Waals surface area contributed by atoms with Crippen LogP contribution >= 0.6 is 0 Å². The molecule has 11 heteroatoms. The van der Waals surface area contributed by atoms with Crippen LogP contribution in [0.15, 0.2) is 54.7 Å². The maximum atomic E-state index is 11.7. The van der Waals surface area contributed by atoms with Crippen LogP contribution in [-0.2, 0) is 9.59 Å². The summed E-state index contributed by atoms with van der Waals surface area (Å²) in [6, 6.07) is 16.2. The van der Waals surface area contributed by atoms with Crippen molar-refractivity contribution in [2.24, 2.45) is 0 Å². The number of ether oxygens (including phenoxy) is 1. The first kappa shape index (κ1) is 28.8. The van der Waals surface area contributed by atoms with E-state index < -0.39 is 5.97 Å². The molecule has 0 aliphatic heterocycles. The molecule has 11 nitrogen and oxygen atoms in total. The molecule has 3 aromatic heterocycles. The fourth-order valence-corrected chi connectivity index (χ4v) is 5.23. The number of nitrogens with one attached hydrogen (secondary N) is 3. The molecule has 1 saturated carbocycles. The first-order valence-corrected chi connectivity index (χ1v) is 14.5. The predicted octanol–water partition coefficient (Wildman–Crippen LogP) is 4.99. The van der Waals surface area contributed by atoms with Crippen LogP contribution in [0.3, 0.4) is 0 Å². The Bertz CT molecular complexity index is 1510. The highest BCUT2D eigenvalue weighted by Gasteiger charge is 2.21. The third-order valence-electron chi connectivity index (χ3n) is 7.42. The van der Waals surface area contributed by atoms with E-state index in [1.54, 1.807) is 13.3 Å². The van der Waals surface area contributed by atoms with Gasteiger partial charge in [0.25, 0.3) is 0 Å². The van der Waals surface area contributed by atoms with Crippen LogP contribution in [0.1, 0.15) is 51.4 Å². The second-order valence-corrected chi connectivity index (χ2v) is 10.4. The lowest BCUT2D eigenvalue weighted by Crippen LogP contribution is -2.25. The number of unbranched alkanes of at least 4 members (excludes halogenated alkanes) is 1. The summed E-state index contributed by atoms with van der Waals surface area (Å²) >= 11 is 0. The number of anilines is 2. The number of methoxy groups -OCH3 is 1. The average Bonchev–Trinajstić information content (AvgIpc) is 3.66. The summed E-state index contributed by atoms with van der Waals surface area (Å²) in [5.74, 6) is 1.04. The highest BCUT2D eigenvalue weighted by atomic mass is 16.5. The molecular weight excluding hydrogens is 534 g/mol. The van der Waals surface area contributed by atoms with Gasteiger partial charge in [-0.15, -0.1) is 0 Å². The molecule has 3 heterocycles. The largest absolute Gasteiger partial charge is 0.497 e. The number of carbonyl (C=O) groups is 2. The van der Waals surface area contributed by atoms with Crippen molar-refractivity contribution in [2.45, 2.75) is 57.4 Å². The summed E-state index contributed by atoms with van der Waals surface area (Å²) in [5.41, 5.74) is 4.39. The zero-order chi connectivity index (χ0) is 29.3. The number of hydrogen-bond acceptors (Lipinski definition) is 8. The first-order chi connectivity index (χ1) is 20.5. The third kappa shape index (κ3) is 7.15. The van der Waals surface area contributed by atoms with Gasteiger partial charge in [0, 0.05) is 37.3 Å². The van der Waals surface area contributed by atoms with Crippen LogP contribution in [0.5, 0.6) is 5.75 Å². The number of pyridine rings is 1. The summed E-state index contributed by atoms with van der Waals surface area (Å²) < 4.78 is 7.28. The monoisotopic (exact) mass is 571 g/mol. The predicted molar refractivity (Wildman–Crippen MR) is 162 cm³/mol. The second-order valence-electron chi connectivity index (χ2n) is 10.4. The molecule has 4 N–H and O–H groups in total. The van der Waals surface area contributed by atoms with Crippen molar-refractivity contribution < 1.29 is 19.4 Å². The highest BCUT2D eigenvalue weighted by molar-refractivity contribution is 5.91. The molecule has 1 aliphatic rings. The van der Waals surface area contributed by atoms with Crippen molar-refractivity contribution in [1.82, 2.24) is 24.9 Å². The molecule has 1 fully saturated rings. The van der Waals surface area contributed by atoms with E-state index in [9.17, 15) is 9.59 Å². The quantitative estimate of drug-likeness (QED) is 0.154. The summed E-state index contributed by atoms with van der Waals surface area (Å²) in [6.07, 6.45) is 7.93. The molecule has 0 radical (unpaired) electrons. The minimum absolute atomic E-state index is 0.00177. The number of hydrogen-bond donors (Lipinski definition) is 4. The maximum absolute atomic E-state index is 11.7. The van der Waals surface area contributed by atoms with Crippen molar-refractivity contribution in [1.29, 1.82) is 0 Å². The fourth-order valence-electron chi connectivity index (χ4n) is 5.23. The summed E-state index contributed by atoms with van der Waals surface area (Å²) in [7, 11) is 1.65. The normalized spacial score (nSPS) is 13.3. The molecule has 0 bridgehead atoms. The summed E-state index contributed by atoms with van der Waals surface area (Å²) in [4.78, 5) is 31.8. The number of aliphatic carboxylic acids is 1. The van der Waals surface area contributed by atoms with E-state index in [0.29, 0.717) is 25.1 Å². The number of nitrogens with zero attached hydrogens (tertiary/aromatic N) is 4. The first-order valence-electron chi connectivity index (χ1n) is 14.5. The van der Waals surface area contributed by atoms with Gasteiger partial charge in [-0.05, 0) is 68.1 Å². The van der Waals surface area contributed by atoms with Crippen molar-refractivity contribution >= 4 is 29.2 Å². The van der Waals surface area contributed by atoms with Gasteiger partial charge in [-0.25, -0.2) is 14.5 Å². The summed E-state index contributed by atoms with van der Waals surface area (Å²) in [5, 5.41) is 23.5. The van der Waals surface area contributed by atoms with Crippen LogP contribution in [0.25, 0.3) is 28.0 Å². The molecule has 1 aliphatic carbocycles. The highest BCUT2D eigenvalue weighted by Crippen LogP contribution is 2.36. The van der Waals surface area contributed by atoms with E-state index >= 15 is 0 Å². The molecule has 1 aromatic carbocycles. The van der Waals surface area contributed by atoms with Crippen LogP contribution in [0.2, 0.25) is 0 Å². The zero-order valence-corrected chi connectivity index (χ0v) is 23.8. The van der Waals surface area contributed by atoms with Crippen LogP contribution in [-0.4, -0.2) is 62.8 Å². The van der Waals surface area contributed by atoms with Gasteiger partial charge in [0.15, 0.2) is 0 Å². The van der Waals surface area contributed by atoms with Gasteiger partial charge in [0.05, 0.1) is 30.3 Å². The number of amides is 1. The van der Waals surface area contributed by atoms with E-state index in [-0.39, 0.29) is 18.7 Å². The van der Waals surface area contributed by atoms with Gasteiger partial charge in [0.1, 0.15) is 17.3 Å². The minimum Gasteiger partial charge on any atom is -0.497 e. The number of benzene rings is 1. The molecule has 220 valence electrons. The van der Waals surface area contributed by atoms with Crippen molar-refractivity contribution in [2.75, 3.05) is 30.8 Å². The van der Waals surface area contributed by atoms with Gasteiger partial charge >= 0.3 is 5.97 Å². The minimum atomic E-state index is -0.971. The molecule has 4 aromatic rings. The molecule has 1 amide bonds. The van der Waals surface area contributed by atoms with Gasteiger partial charge in [-0.2, -0.15) is 5.10 Å². The van der Waals surface area contributed by atoms with Crippen molar-refractivity contribution in [3.63, 3.8) is 0 Å². The Hall–Kier alpha value is -4.67. The lowest BCUT2D eigenvalue weighted by molar-refractivity contribution is -0.138. The maximum Gasteiger partial charge on any atom is 0.303 e. The lowest BCUT2D eigenvalue weighted by Gasteiger charge is -2.12. The Balaban J connectivity index is 1.36. The van der Waals surface area contributed by atoms with Crippen molar-refractivity contribution in [3.8, 4) is 28.3 Å². The summed E-state index contributed by atoms with van der Waals surface area (Å²) in [6.45, 7) is 1.18. The number of fused-ring (bicyclic) bond motifs is 1. The van der Waals surface area contributed by atoms with Gasteiger partial charge in [0.2, 0.25) is 11.9 Å². The Kier molecular flexibility index (Phi) is 9.48. The number of aromatic nitrogens is 4. The standard InChI is InChI=1S/C31H37N7O4/c1-42-23-13-11-21(12-14-23)30-29(24-17-20-34-31(36-24)35-22-7-2-3-8-22)25-9-6-10-26(38(25)37-30)32-18-4-5-19-33-27(39)15-16-28(40)41/h6,9-14,17,20,22,32H,2-5,7-8,15-16,18-19H2,1H3,(H,33,39)(H,40,41)(H,34,35,36). The number of carboxylic acid groups (broad SMARTS) is 1. The molecule has 0 spiro atoms. The molecule has 0 saturated heterocycles. The Labute approximate surface area is 244 Å². The molecule has 5 rings (SSSR count). The van der Waals surface area contributed by atoms with E-state index in [4.69, 9.17) is 19.9 Å². The fraction of sp³-hybridized carbons (Fsp3) is 0.387. The van der Waals surface area contributed by atoms with E-state index in [1.165, 1.54) is 12.8 Å². The van der Waals surface area contributed by atoms with Gasteiger partial charge in [-0.1, -0.05) is 18.9 Å². The lowest BCUT2D eigenvalue weighted by atomic mass is 10.0. The molecule has 0 atom stereocenters. The number of carbonyl (C=O) groups excluding carboxylic acids is 1.